The van der Waals surface area contributed by atoms with Crippen LogP contribution in [0.1, 0.15) is 30.9 Å². The predicted molar refractivity (Wildman–Crippen MR) is 157 cm³/mol. The molecule has 8 nitrogen and oxygen atoms in total. The number of rotatable bonds is 10. The van der Waals surface area contributed by atoms with Gasteiger partial charge in [-0.05, 0) is 55.5 Å². The Labute approximate surface area is 239 Å². The Morgan fingerprint density at radius 2 is 1.97 bits per heavy atom. The Morgan fingerprint density at radius 3 is 2.69 bits per heavy atom. The number of benzene rings is 2. The van der Waals surface area contributed by atoms with Crippen molar-refractivity contribution in [3.8, 4) is 0 Å². The summed E-state index contributed by atoms with van der Waals surface area (Å²) in [7, 11) is 0. The van der Waals surface area contributed by atoms with Crippen molar-refractivity contribution in [1.29, 1.82) is 0 Å². The first-order valence-electron chi connectivity index (χ1n) is 13.1. The molecule has 0 bridgehead atoms. The van der Waals surface area contributed by atoms with Crippen molar-refractivity contribution in [2.24, 2.45) is 5.73 Å². The predicted octanol–water partition coefficient (Wildman–Crippen LogP) is 4.62. The second-order valence-corrected chi connectivity index (χ2v) is 10.6. The summed E-state index contributed by atoms with van der Waals surface area (Å²) in [5.41, 5.74) is 8.15. The van der Waals surface area contributed by atoms with E-state index >= 15 is 0 Å². The summed E-state index contributed by atoms with van der Waals surface area (Å²) < 4.78 is 0. The molecule has 2 heterocycles. The van der Waals surface area contributed by atoms with Gasteiger partial charge in [-0.2, -0.15) is 0 Å². The van der Waals surface area contributed by atoms with E-state index in [4.69, 9.17) is 28.9 Å². The number of amides is 2. The quantitative estimate of drug-likeness (QED) is 0.244. The van der Waals surface area contributed by atoms with Crippen LogP contribution in [0.2, 0.25) is 10.0 Å². The number of nitrogens with zero attached hydrogens (tertiary/aromatic N) is 3. The van der Waals surface area contributed by atoms with Crippen LogP contribution in [0.25, 0.3) is 6.08 Å². The smallest absolute Gasteiger partial charge is 0.246 e. The van der Waals surface area contributed by atoms with Crippen LogP contribution in [0.4, 0.5) is 5.95 Å². The standard InChI is InChI=1S/C29H34Cl2N6O2/c1-20-18-37(28(39)26(32)16-22-10-11-23(30)17-25(22)31)24(8-5-13-33-29-34-14-15-35-29)19-36(20)27(38)12-9-21-6-3-2-4-7-21/h2-4,6-7,9-12,14-15,17,20,24,26H,5,8,13,16,18-19,32H2,1H3,(H2,33,34,35)/b12-9+/t20-,24?,26-/m1/s1. The van der Waals surface area contributed by atoms with Crippen LogP contribution in [0.15, 0.2) is 67.0 Å². The summed E-state index contributed by atoms with van der Waals surface area (Å²) in [5, 5.41) is 4.26. The molecule has 3 aromatic rings. The Morgan fingerprint density at radius 1 is 1.18 bits per heavy atom. The molecule has 206 valence electrons. The number of halogens is 2. The number of piperazine rings is 1. The highest BCUT2D eigenvalue weighted by atomic mass is 35.5. The molecule has 1 aromatic heterocycles. The third kappa shape index (κ3) is 7.85. The molecular formula is C29H34Cl2N6O2. The molecule has 0 spiro atoms. The van der Waals surface area contributed by atoms with Crippen molar-refractivity contribution in [2.45, 2.75) is 44.3 Å². The largest absolute Gasteiger partial charge is 0.356 e. The fourth-order valence-corrected chi connectivity index (χ4v) is 5.31. The van der Waals surface area contributed by atoms with Crippen LogP contribution in [-0.2, 0) is 16.0 Å². The molecule has 39 heavy (non-hydrogen) atoms. The van der Waals surface area contributed by atoms with Crippen LogP contribution < -0.4 is 11.1 Å². The first-order chi connectivity index (χ1) is 18.8. The number of anilines is 1. The summed E-state index contributed by atoms with van der Waals surface area (Å²) in [6.45, 7) is 3.48. The third-order valence-corrected chi connectivity index (χ3v) is 7.49. The van der Waals surface area contributed by atoms with Crippen LogP contribution >= 0.6 is 23.2 Å². The Bertz CT molecular complexity index is 1270. The molecule has 2 amide bonds. The summed E-state index contributed by atoms with van der Waals surface area (Å²) in [6.07, 6.45) is 8.65. The van der Waals surface area contributed by atoms with Gasteiger partial charge in [0, 0.05) is 60.2 Å². The maximum absolute atomic E-state index is 13.6. The van der Waals surface area contributed by atoms with Gasteiger partial charge in [-0.15, -0.1) is 0 Å². The van der Waals surface area contributed by atoms with Gasteiger partial charge in [0.1, 0.15) is 0 Å². The van der Waals surface area contributed by atoms with E-state index in [0.717, 1.165) is 17.5 Å². The maximum atomic E-state index is 13.6. The number of carbonyl (C=O) groups is 2. The normalized spacial score (nSPS) is 18.4. The van der Waals surface area contributed by atoms with E-state index in [2.05, 4.69) is 15.3 Å². The maximum Gasteiger partial charge on any atom is 0.246 e. The average molecular weight is 570 g/mol. The zero-order valence-electron chi connectivity index (χ0n) is 21.9. The van der Waals surface area contributed by atoms with Crippen molar-refractivity contribution in [3.63, 3.8) is 0 Å². The molecule has 0 radical (unpaired) electrons. The summed E-state index contributed by atoms with van der Waals surface area (Å²) >= 11 is 12.4. The highest BCUT2D eigenvalue weighted by Crippen LogP contribution is 2.24. The van der Waals surface area contributed by atoms with E-state index in [9.17, 15) is 9.59 Å². The van der Waals surface area contributed by atoms with E-state index in [1.54, 1.807) is 36.7 Å². The number of nitrogens with two attached hydrogens (primary N) is 1. The van der Waals surface area contributed by atoms with E-state index in [1.165, 1.54) is 0 Å². The molecule has 4 N–H and O–H groups in total. The van der Waals surface area contributed by atoms with Crippen LogP contribution in [0.3, 0.4) is 0 Å². The number of nitrogens with one attached hydrogen (secondary N) is 2. The van der Waals surface area contributed by atoms with Crippen LogP contribution in [0.5, 0.6) is 0 Å². The second kappa shape index (κ2) is 13.6. The minimum Gasteiger partial charge on any atom is -0.356 e. The van der Waals surface area contributed by atoms with E-state index in [1.807, 2.05) is 53.1 Å². The second-order valence-electron chi connectivity index (χ2n) is 9.78. The Kier molecular flexibility index (Phi) is 10.0. The average Bonchev–Trinajstić information content (AvgIpc) is 3.45. The lowest BCUT2D eigenvalue weighted by Gasteiger charge is -2.46. The van der Waals surface area contributed by atoms with Gasteiger partial charge in [-0.25, -0.2) is 4.98 Å². The van der Waals surface area contributed by atoms with E-state index in [-0.39, 0.29) is 23.9 Å². The lowest BCUT2D eigenvalue weighted by molar-refractivity contribution is -0.145. The zero-order valence-corrected chi connectivity index (χ0v) is 23.4. The van der Waals surface area contributed by atoms with Crippen molar-refractivity contribution >= 4 is 47.0 Å². The molecule has 1 aliphatic rings. The number of aromatic amines is 1. The van der Waals surface area contributed by atoms with Gasteiger partial charge in [0.2, 0.25) is 11.8 Å². The molecular weight excluding hydrogens is 535 g/mol. The molecule has 1 aliphatic heterocycles. The third-order valence-electron chi connectivity index (χ3n) is 6.90. The number of hydrogen-bond donors (Lipinski definition) is 3. The van der Waals surface area contributed by atoms with Crippen molar-refractivity contribution in [3.05, 3.63) is 88.2 Å². The summed E-state index contributed by atoms with van der Waals surface area (Å²) in [5.74, 6) is 0.475. The Balaban J connectivity index is 1.45. The van der Waals surface area contributed by atoms with Crippen LogP contribution in [0, 0.1) is 0 Å². The van der Waals surface area contributed by atoms with Gasteiger partial charge in [0.05, 0.1) is 6.04 Å². The fourth-order valence-electron chi connectivity index (χ4n) is 4.82. The van der Waals surface area contributed by atoms with E-state index in [0.29, 0.717) is 48.5 Å². The minimum absolute atomic E-state index is 0.0746. The minimum atomic E-state index is -0.764. The SMILES string of the molecule is C[C@@H]1CN(C(=O)[C@H](N)Cc2ccc(Cl)cc2Cl)C(CCCNc2ncc[nH]2)CN1C(=O)/C=C/c1ccccc1. The van der Waals surface area contributed by atoms with Crippen molar-refractivity contribution < 1.29 is 9.59 Å². The van der Waals surface area contributed by atoms with Gasteiger partial charge in [-0.3, -0.25) is 9.59 Å². The van der Waals surface area contributed by atoms with Gasteiger partial charge < -0.3 is 25.8 Å². The molecule has 1 unspecified atom stereocenters. The summed E-state index contributed by atoms with van der Waals surface area (Å²) in [4.78, 5) is 37.7. The van der Waals surface area contributed by atoms with Crippen molar-refractivity contribution in [1.82, 2.24) is 19.8 Å². The van der Waals surface area contributed by atoms with Gasteiger partial charge in [0.25, 0.3) is 0 Å². The molecule has 0 aliphatic carbocycles. The zero-order chi connectivity index (χ0) is 27.8. The molecule has 1 fully saturated rings. The Hall–Kier alpha value is -3.33. The number of imidazole rings is 1. The molecule has 1 saturated heterocycles. The lowest BCUT2D eigenvalue weighted by atomic mass is 9.99. The summed E-state index contributed by atoms with van der Waals surface area (Å²) in [6, 6.07) is 13.8. The topological polar surface area (TPSA) is 107 Å². The van der Waals surface area contributed by atoms with Gasteiger partial charge in [-0.1, -0.05) is 59.6 Å². The number of aromatic nitrogens is 2. The highest BCUT2D eigenvalue weighted by Gasteiger charge is 2.37. The molecule has 2 aromatic carbocycles. The molecule has 4 rings (SSSR count). The molecule has 0 saturated carbocycles. The van der Waals surface area contributed by atoms with Crippen molar-refractivity contribution in [2.75, 3.05) is 25.0 Å². The molecule has 10 heteroatoms. The lowest BCUT2D eigenvalue weighted by Crippen LogP contribution is -2.62. The monoisotopic (exact) mass is 568 g/mol. The first-order valence-corrected chi connectivity index (χ1v) is 13.8. The number of carbonyl (C=O) groups excluding carboxylic acids is 2. The van der Waals surface area contributed by atoms with Gasteiger partial charge in [0.15, 0.2) is 5.95 Å². The number of hydrogen-bond acceptors (Lipinski definition) is 5. The molecule has 3 atom stereocenters. The first kappa shape index (κ1) is 28.7. The fraction of sp³-hybridized carbons (Fsp3) is 0.345. The highest BCUT2D eigenvalue weighted by molar-refractivity contribution is 6.35. The van der Waals surface area contributed by atoms with E-state index < -0.39 is 6.04 Å². The van der Waals surface area contributed by atoms with Crippen LogP contribution in [-0.4, -0.2) is 69.3 Å². The number of H-pyrrole nitrogens is 1. The van der Waals surface area contributed by atoms with Gasteiger partial charge >= 0.3 is 0 Å².